The second-order valence-electron chi connectivity index (χ2n) is 4.69. The number of amides is 1. The Morgan fingerprint density at radius 1 is 1.24 bits per heavy atom. The smallest absolute Gasteiger partial charge is 0.245 e. The molecule has 2 aromatic carbocycles. The van der Waals surface area contributed by atoms with Crippen LogP contribution in [0.4, 0.5) is 10.1 Å². The lowest BCUT2D eigenvalue weighted by Gasteiger charge is -2.12. The average molecular weight is 284 g/mol. The van der Waals surface area contributed by atoms with Crippen LogP contribution in [-0.4, -0.2) is 16.1 Å². The van der Waals surface area contributed by atoms with E-state index in [-0.39, 0.29) is 11.7 Å². The lowest BCUT2D eigenvalue weighted by Crippen LogP contribution is -2.27. The summed E-state index contributed by atoms with van der Waals surface area (Å²) in [6, 6.07) is 10.1. The summed E-state index contributed by atoms with van der Waals surface area (Å²) < 4.78 is 12.9. The minimum Gasteiger partial charge on any atom is -0.324 e. The van der Waals surface area contributed by atoms with Crippen LogP contribution in [0.15, 0.2) is 48.7 Å². The normalized spacial score (nSPS) is 12.3. The highest BCUT2D eigenvalue weighted by Crippen LogP contribution is 2.19. The zero-order chi connectivity index (χ0) is 14.8. The maximum Gasteiger partial charge on any atom is 0.245 e. The molecule has 6 heteroatoms. The van der Waals surface area contributed by atoms with Crippen molar-refractivity contribution in [1.29, 1.82) is 0 Å². The molecule has 1 amide bonds. The van der Waals surface area contributed by atoms with E-state index in [1.807, 2.05) is 6.07 Å². The van der Waals surface area contributed by atoms with E-state index in [0.29, 0.717) is 11.3 Å². The molecule has 0 saturated heterocycles. The number of nitrogens with zero attached hydrogens (tertiary/aromatic N) is 1. The molecule has 0 bridgehead atoms. The van der Waals surface area contributed by atoms with Crippen LogP contribution in [-0.2, 0) is 4.79 Å². The summed E-state index contributed by atoms with van der Waals surface area (Å²) in [7, 11) is 0. The number of fused-ring (bicyclic) bond motifs is 1. The Kier molecular flexibility index (Phi) is 3.37. The summed E-state index contributed by atoms with van der Waals surface area (Å²) in [6.07, 6.45) is 1.67. The molecule has 0 aliphatic carbocycles. The fourth-order valence-corrected chi connectivity index (χ4v) is 2.06. The number of anilines is 1. The van der Waals surface area contributed by atoms with E-state index in [2.05, 4.69) is 15.5 Å². The minimum atomic E-state index is -0.856. The highest BCUT2D eigenvalue weighted by atomic mass is 19.1. The number of aromatic nitrogens is 2. The first-order chi connectivity index (χ1) is 10.1. The summed E-state index contributed by atoms with van der Waals surface area (Å²) in [5.41, 5.74) is 7.95. The Balaban J connectivity index is 1.77. The van der Waals surface area contributed by atoms with E-state index >= 15 is 0 Å². The first-order valence-corrected chi connectivity index (χ1v) is 6.38. The topological polar surface area (TPSA) is 83.8 Å². The molecule has 1 atom stereocenters. The first kappa shape index (κ1) is 13.3. The van der Waals surface area contributed by atoms with Gasteiger partial charge in [-0.05, 0) is 35.9 Å². The molecule has 5 nitrogen and oxygen atoms in total. The quantitative estimate of drug-likeness (QED) is 0.690. The van der Waals surface area contributed by atoms with Gasteiger partial charge in [-0.2, -0.15) is 5.10 Å². The van der Waals surface area contributed by atoms with Gasteiger partial charge in [-0.15, -0.1) is 0 Å². The Labute approximate surface area is 120 Å². The summed E-state index contributed by atoms with van der Waals surface area (Å²) in [6.45, 7) is 0. The molecule has 0 fully saturated rings. The molecule has 21 heavy (non-hydrogen) atoms. The molecular weight excluding hydrogens is 271 g/mol. The number of H-pyrrole nitrogens is 1. The monoisotopic (exact) mass is 284 g/mol. The zero-order valence-corrected chi connectivity index (χ0v) is 11.0. The third-order valence-corrected chi connectivity index (χ3v) is 3.22. The molecule has 1 unspecified atom stereocenters. The Morgan fingerprint density at radius 2 is 2.00 bits per heavy atom. The fraction of sp³-hybridized carbons (Fsp3) is 0.0667. The molecule has 1 heterocycles. The number of halogens is 1. The standard InChI is InChI=1S/C15H13FN4O/c16-11-3-1-9(2-4-11)14(17)15(21)19-12-5-6-13-10(7-12)8-18-20-13/h1-8,14H,17H2,(H,18,20)(H,19,21). The van der Waals surface area contributed by atoms with Crippen LogP contribution in [0.5, 0.6) is 0 Å². The summed E-state index contributed by atoms with van der Waals surface area (Å²) in [5, 5.41) is 10.4. The zero-order valence-electron chi connectivity index (χ0n) is 11.0. The molecular formula is C15H13FN4O. The van der Waals surface area contributed by atoms with Gasteiger partial charge in [-0.25, -0.2) is 4.39 Å². The van der Waals surface area contributed by atoms with Gasteiger partial charge in [0.25, 0.3) is 0 Å². The largest absolute Gasteiger partial charge is 0.324 e. The summed E-state index contributed by atoms with van der Waals surface area (Å²) >= 11 is 0. The number of benzene rings is 2. The van der Waals surface area contributed by atoms with Crippen molar-refractivity contribution >= 4 is 22.5 Å². The summed E-state index contributed by atoms with van der Waals surface area (Å²) in [4.78, 5) is 12.1. The van der Waals surface area contributed by atoms with Crippen LogP contribution in [0, 0.1) is 5.82 Å². The van der Waals surface area contributed by atoms with Gasteiger partial charge in [0.1, 0.15) is 11.9 Å². The van der Waals surface area contributed by atoms with Gasteiger partial charge in [-0.1, -0.05) is 12.1 Å². The fourth-order valence-electron chi connectivity index (χ4n) is 2.06. The van der Waals surface area contributed by atoms with Crippen molar-refractivity contribution in [3.8, 4) is 0 Å². The highest BCUT2D eigenvalue weighted by molar-refractivity contribution is 5.97. The maximum absolute atomic E-state index is 12.9. The van der Waals surface area contributed by atoms with Crippen LogP contribution in [0.25, 0.3) is 10.9 Å². The maximum atomic E-state index is 12.9. The predicted molar refractivity (Wildman–Crippen MR) is 78.1 cm³/mol. The van der Waals surface area contributed by atoms with Crippen molar-refractivity contribution < 1.29 is 9.18 Å². The van der Waals surface area contributed by atoms with E-state index in [1.165, 1.54) is 24.3 Å². The van der Waals surface area contributed by atoms with E-state index < -0.39 is 6.04 Å². The molecule has 0 aliphatic heterocycles. The molecule has 0 saturated carbocycles. The van der Waals surface area contributed by atoms with Crippen LogP contribution < -0.4 is 11.1 Å². The lowest BCUT2D eigenvalue weighted by molar-refractivity contribution is -0.117. The van der Waals surface area contributed by atoms with Crippen molar-refractivity contribution in [2.75, 3.05) is 5.32 Å². The lowest BCUT2D eigenvalue weighted by atomic mass is 10.1. The van der Waals surface area contributed by atoms with Crippen molar-refractivity contribution in [3.05, 3.63) is 60.0 Å². The molecule has 3 rings (SSSR count). The SMILES string of the molecule is NC(C(=O)Nc1ccc2[nH]ncc2c1)c1ccc(F)cc1. The number of aromatic amines is 1. The van der Waals surface area contributed by atoms with E-state index in [1.54, 1.807) is 18.3 Å². The predicted octanol–water partition coefficient (Wildman–Crippen LogP) is 2.34. The number of nitrogens with one attached hydrogen (secondary N) is 2. The van der Waals surface area contributed by atoms with Gasteiger partial charge in [-0.3, -0.25) is 9.89 Å². The highest BCUT2D eigenvalue weighted by Gasteiger charge is 2.16. The van der Waals surface area contributed by atoms with Gasteiger partial charge < -0.3 is 11.1 Å². The minimum absolute atomic E-state index is 0.357. The molecule has 3 aromatic rings. The number of carbonyl (C=O) groups excluding carboxylic acids is 1. The van der Waals surface area contributed by atoms with Crippen LogP contribution in [0.1, 0.15) is 11.6 Å². The van der Waals surface area contributed by atoms with Crippen molar-refractivity contribution in [1.82, 2.24) is 10.2 Å². The van der Waals surface area contributed by atoms with Crippen LogP contribution in [0.2, 0.25) is 0 Å². The van der Waals surface area contributed by atoms with Crippen molar-refractivity contribution in [3.63, 3.8) is 0 Å². The van der Waals surface area contributed by atoms with E-state index in [4.69, 9.17) is 5.73 Å². The molecule has 1 aromatic heterocycles. The van der Waals surface area contributed by atoms with Gasteiger partial charge in [0, 0.05) is 11.1 Å². The van der Waals surface area contributed by atoms with Gasteiger partial charge in [0.15, 0.2) is 0 Å². The number of hydrogen-bond donors (Lipinski definition) is 3. The van der Waals surface area contributed by atoms with Crippen LogP contribution in [0.3, 0.4) is 0 Å². The van der Waals surface area contributed by atoms with Gasteiger partial charge in [0.2, 0.25) is 5.91 Å². The molecule has 0 aliphatic rings. The third kappa shape index (κ3) is 2.75. The number of hydrogen-bond acceptors (Lipinski definition) is 3. The molecule has 4 N–H and O–H groups in total. The number of nitrogens with two attached hydrogens (primary N) is 1. The molecule has 0 radical (unpaired) electrons. The van der Waals surface area contributed by atoms with Gasteiger partial charge >= 0.3 is 0 Å². The molecule has 106 valence electrons. The summed E-state index contributed by atoms with van der Waals surface area (Å²) in [5.74, 6) is -0.721. The van der Waals surface area contributed by atoms with Crippen molar-refractivity contribution in [2.24, 2.45) is 5.73 Å². The molecule has 0 spiro atoms. The van der Waals surface area contributed by atoms with Crippen LogP contribution >= 0.6 is 0 Å². The Bertz CT molecular complexity index is 782. The third-order valence-electron chi connectivity index (χ3n) is 3.22. The number of carbonyl (C=O) groups is 1. The van der Waals surface area contributed by atoms with E-state index in [9.17, 15) is 9.18 Å². The second-order valence-corrected chi connectivity index (χ2v) is 4.69. The Hall–Kier alpha value is -2.73. The van der Waals surface area contributed by atoms with E-state index in [0.717, 1.165) is 10.9 Å². The number of rotatable bonds is 3. The van der Waals surface area contributed by atoms with Gasteiger partial charge in [0.05, 0.1) is 11.7 Å². The second kappa shape index (κ2) is 5.34. The first-order valence-electron chi connectivity index (χ1n) is 6.38. The van der Waals surface area contributed by atoms with Crippen molar-refractivity contribution in [2.45, 2.75) is 6.04 Å². The average Bonchev–Trinajstić information content (AvgIpc) is 2.95. The Morgan fingerprint density at radius 3 is 2.76 bits per heavy atom.